The fourth-order valence-electron chi connectivity index (χ4n) is 4.52. The number of hydrogen-bond acceptors (Lipinski definition) is 7. The second-order valence-electron chi connectivity index (χ2n) is 11.0. The Labute approximate surface area is 261 Å². The van der Waals surface area contributed by atoms with Crippen LogP contribution in [0.5, 0.6) is 11.5 Å². The molecule has 0 saturated heterocycles. The van der Waals surface area contributed by atoms with E-state index in [0.717, 1.165) is 22.4 Å². The van der Waals surface area contributed by atoms with E-state index in [9.17, 15) is 14.4 Å². The number of fused-ring (bicyclic) bond motifs is 2. The van der Waals surface area contributed by atoms with Gasteiger partial charge in [0.2, 0.25) is 0 Å². The van der Waals surface area contributed by atoms with Crippen LogP contribution in [0.4, 0.5) is 10.5 Å². The highest BCUT2D eigenvalue weighted by atomic mass is 35.5. The van der Waals surface area contributed by atoms with Gasteiger partial charge in [0, 0.05) is 13.5 Å². The molecule has 2 amide bonds. The molecule has 0 spiro atoms. The lowest BCUT2D eigenvalue weighted by Gasteiger charge is -2.37. The normalized spacial score (nSPS) is 15.7. The van der Waals surface area contributed by atoms with Crippen molar-refractivity contribution in [2.45, 2.75) is 52.0 Å². The van der Waals surface area contributed by atoms with Crippen LogP contribution >= 0.6 is 23.2 Å². The quantitative estimate of drug-likeness (QED) is 0.306. The molecule has 0 aromatic heterocycles. The number of amides is 2. The van der Waals surface area contributed by atoms with Crippen LogP contribution in [0.25, 0.3) is 0 Å². The number of para-hydroxylation sites is 1. The molecule has 0 radical (unpaired) electrons. The van der Waals surface area contributed by atoms with Crippen molar-refractivity contribution in [2.75, 3.05) is 25.7 Å². The lowest BCUT2D eigenvalue weighted by molar-refractivity contribution is -0.147. The average Bonchev–Trinajstić information content (AvgIpc) is 2.98. The van der Waals surface area contributed by atoms with E-state index in [0.29, 0.717) is 28.1 Å². The Bertz CT molecular complexity index is 1490. The van der Waals surface area contributed by atoms with Crippen molar-refractivity contribution in [1.82, 2.24) is 4.90 Å². The molecule has 5 rings (SSSR count). The van der Waals surface area contributed by atoms with Crippen LogP contribution in [0.15, 0.2) is 60.7 Å². The third kappa shape index (κ3) is 8.12. The summed E-state index contributed by atoms with van der Waals surface area (Å²) in [5.41, 5.74) is 2.69. The van der Waals surface area contributed by atoms with Crippen LogP contribution in [0.2, 0.25) is 10.0 Å². The topological polar surface area (TPSA) is 94.6 Å². The lowest BCUT2D eigenvalue weighted by atomic mass is 9.92. The Morgan fingerprint density at radius 3 is 2.37 bits per heavy atom. The molecule has 2 aliphatic rings. The highest BCUT2D eigenvalue weighted by Crippen LogP contribution is 2.37. The third-order valence-corrected chi connectivity index (χ3v) is 7.47. The molecule has 1 atom stereocenters. The molecule has 43 heavy (non-hydrogen) atoms. The van der Waals surface area contributed by atoms with Crippen LogP contribution in [-0.4, -0.2) is 55.3 Å². The van der Waals surface area contributed by atoms with Gasteiger partial charge in [-0.1, -0.05) is 47.5 Å². The summed E-state index contributed by atoms with van der Waals surface area (Å²) in [5, 5.41) is 1.11. The SMILES string of the molecule is COC(=O)C1Cc2cc3c(cc2CN1C(=O)OC(C)(C)C)OCC(=O)N3C.Clc1ccc(COc2ccccc2)cc1Cl. The molecule has 2 aliphatic heterocycles. The number of hydrogen-bond donors (Lipinski definition) is 0. The fourth-order valence-corrected chi connectivity index (χ4v) is 4.84. The molecular weight excluding hydrogens is 595 g/mol. The number of likely N-dealkylation sites (N-methyl/N-ethyl adjacent to an activating group) is 1. The fraction of sp³-hybridized carbons (Fsp3) is 0.344. The smallest absolute Gasteiger partial charge is 0.411 e. The third-order valence-electron chi connectivity index (χ3n) is 6.73. The number of carbonyl (C=O) groups excluding carboxylic acids is 3. The Kier molecular flexibility index (Phi) is 10.1. The Morgan fingerprint density at radius 1 is 1.00 bits per heavy atom. The van der Waals surface area contributed by atoms with Gasteiger partial charge in [-0.25, -0.2) is 9.59 Å². The number of rotatable bonds is 4. The summed E-state index contributed by atoms with van der Waals surface area (Å²) in [4.78, 5) is 39.7. The number of nitrogens with zero attached hydrogens (tertiary/aromatic N) is 2. The molecular formula is C32H34Cl2N2O7. The van der Waals surface area contributed by atoms with E-state index in [-0.39, 0.29) is 25.5 Å². The van der Waals surface area contributed by atoms with Gasteiger partial charge in [0.1, 0.15) is 29.7 Å². The van der Waals surface area contributed by atoms with E-state index in [4.69, 9.17) is 42.1 Å². The first-order valence-corrected chi connectivity index (χ1v) is 14.4. The van der Waals surface area contributed by atoms with Crippen molar-refractivity contribution in [3.05, 3.63) is 87.4 Å². The standard InChI is InChI=1S/C19H24N2O6.C13H10Cl2O/c1-19(2,3)27-18(24)21-9-12-8-15-13(20(4)16(22)10-26-15)6-11(12)7-14(21)17(23)25-5;14-12-7-6-10(8-13(12)15)9-16-11-4-2-1-3-5-11/h6,8,14H,7,9-10H2,1-5H3;1-8H,9H2. The minimum atomic E-state index is -0.791. The highest BCUT2D eigenvalue weighted by molar-refractivity contribution is 6.42. The van der Waals surface area contributed by atoms with Crippen molar-refractivity contribution < 1.29 is 33.3 Å². The summed E-state index contributed by atoms with van der Waals surface area (Å²) in [6.07, 6.45) is -0.300. The van der Waals surface area contributed by atoms with E-state index in [1.807, 2.05) is 54.6 Å². The predicted octanol–water partition coefficient (Wildman–Crippen LogP) is 6.45. The van der Waals surface area contributed by atoms with Crippen LogP contribution < -0.4 is 14.4 Å². The molecule has 0 fully saturated rings. The van der Waals surface area contributed by atoms with Crippen LogP contribution in [0, 0.1) is 0 Å². The van der Waals surface area contributed by atoms with Gasteiger partial charge < -0.3 is 23.8 Å². The van der Waals surface area contributed by atoms with Crippen molar-refractivity contribution in [2.24, 2.45) is 0 Å². The monoisotopic (exact) mass is 628 g/mol. The first-order valence-electron chi connectivity index (χ1n) is 13.6. The molecule has 3 aromatic rings. The molecule has 9 nitrogen and oxygen atoms in total. The van der Waals surface area contributed by atoms with Gasteiger partial charge in [-0.3, -0.25) is 9.69 Å². The summed E-state index contributed by atoms with van der Waals surface area (Å²) in [5.74, 6) is 0.771. The Balaban J connectivity index is 0.000000225. The Hall–Kier alpha value is -3.95. The molecule has 0 N–H and O–H groups in total. The summed E-state index contributed by atoms with van der Waals surface area (Å²) >= 11 is 11.7. The summed E-state index contributed by atoms with van der Waals surface area (Å²) in [6, 6.07) is 18.0. The first kappa shape index (κ1) is 32.0. The van der Waals surface area contributed by atoms with Gasteiger partial charge in [0.25, 0.3) is 5.91 Å². The van der Waals surface area contributed by atoms with Gasteiger partial charge in [-0.15, -0.1) is 0 Å². The van der Waals surface area contributed by atoms with Crippen molar-refractivity contribution in [3.8, 4) is 11.5 Å². The molecule has 0 saturated carbocycles. The van der Waals surface area contributed by atoms with Crippen LogP contribution in [0.3, 0.4) is 0 Å². The van der Waals surface area contributed by atoms with Crippen LogP contribution in [-0.2, 0) is 38.6 Å². The number of carbonyl (C=O) groups is 3. The molecule has 2 heterocycles. The summed E-state index contributed by atoms with van der Waals surface area (Å²) in [7, 11) is 2.97. The zero-order chi connectivity index (χ0) is 31.3. The minimum Gasteiger partial charge on any atom is -0.489 e. The number of methoxy groups -OCH3 is 1. The van der Waals surface area contributed by atoms with E-state index in [1.165, 1.54) is 16.9 Å². The maximum atomic E-state index is 12.6. The van der Waals surface area contributed by atoms with Gasteiger partial charge in [-0.05, 0) is 73.9 Å². The zero-order valence-corrected chi connectivity index (χ0v) is 26.2. The van der Waals surface area contributed by atoms with E-state index in [2.05, 4.69) is 0 Å². The van der Waals surface area contributed by atoms with E-state index in [1.54, 1.807) is 33.9 Å². The second kappa shape index (κ2) is 13.6. The predicted molar refractivity (Wildman–Crippen MR) is 164 cm³/mol. The maximum absolute atomic E-state index is 12.6. The largest absolute Gasteiger partial charge is 0.489 e. The summed E-state index contributed by atoms with van der Waals surface area (Å²) in [6.45, 7) is 5.97. The number of esters is 1. The number of anilines is 1. The number of halogens is 2. The van der Waals surface area contributed by atoms with Gasteiger partial charge in [0.15, 0.2) is 6.61 Å². The van der Waals surface area contributed by atoms with E-state index < -0.39 is 23.7 Å². The minimum absolute atomic E-state index is 0.0249. The molecule has 0 bridgehead atoms. The average molecular weight is 630 g/mol. The molecule has 1 unspecified atom stereocenters. The number of benzene rings is 3. The van der Waals surface area contributed by atoms with Crippen LogP contribution in [0.1, 0.15) is 37.5 Å². The Morgan fingerprint density at radius 2 is 1.72 bits per heavy atom. The lowest BCUT2D eigenvalue weighted by Crippen LogP contribution is -2.50. The van der Waals surface area contributed by atoms with Crippen molar-refractivity contribution in [1.29, 1.82) is 0 Å². The second-order valence-corrected chi connectivity index (χ2v) is 11.8. The van der Waals surface area contributed by atoms with Gasteiger partial charge in [0.05, 0.1) is 29.4 Å². The molecule has 11 heteroatoms. The number of ether oxygens (including phenoxy) is 4. The molecule has 3 aromatic carbocycles. The molecule has 228 valence electrons. The van der Waals surface area contributed by atoms with Crippen molar-refractivity contribution in [3.63, 3.8) is 0 Å². The summed E-state index contributed by atoms with van der Waals surface area (Å²) < 4.78 is 21.5. The zero-order valence-electron chi connectivity index (χ0n) is 24.7. The first-order chi connectivity index (χ1) is 20.4. The van der Waals surface area contributed by atoms with E-state index >= 15 is 0 Å². The van der Waals surface area contributed by atoms with Crippen molar-refractivity contribution >= 4 is 46.9 Å². The highest BCUT2D eigenvalue weighted by Gasteiger charge is 2.39. The molecule has 0 aliphatic carbocycles. The van der Waals surface area contributed by atoms with Gasteiger partial charge in [-0.2, -0.15) is 0 Å². The van der Waals surface area contributed by atoms with Gasteiger partial charge >= 0.3 is 12.1 Å². The maximum Gasteiger partial charge on any atom is 0.411 e.